The number of hydrogen-bond acceptors (Lipinski definition) is 6. The van der Waals surface area contributed by atoms with Gasteiger partial charge in [-0.2, -0.15) is 0 Å². The second kappa shape index (κ2) is 9.76. The Kier molecular flexibility index (Phi) is 6.80. The molecule has 33 heavy (non-hydrogen) atoms. The number of halogens is 3. The molecule has 0 unspecified atom stereocenters. The number of aromatic hydroxyl groups is 1. The van der Waals surface area contributed by atoms with Gasteiger partial charge in [0.25, 0.3) is 0 Å². The van der Waals surface area contributed by atoms with Gasteiger partial charge in [0.15, 0.2) is 10.8 Å². The smallest absolute Gasteiger partial charge is 0.325 e. The van der Waals surface area contributed by atoms with E-state index in [1.807, 2.05) is 6.07 Å². The number of carbonyl (C=O) groups is 2. The minimum Gasteiger partial charge on any atom is -0.506 e. The number of phenols is 1. The van der Waals surface area contributed by atoms with E-state index in [-0.39, 0.29) is 42.3 Å². The van der Waals surface area contributed by atoms with Crippen LogP contribution in [0.15, 0.2) is 60.7 Å². The zero-order valence-corrected chi connectivity index (χ0v) is 19.6. The van der Waals surface area contributed by atoms with Gasteiger partial charge < -0.3 is 10.4 Å². The molecule has 4 rings (SSSR count). The van der Waals surface area contributed by atoms with Crippen LogP contribution in [0.1, 0.15) is 15.9 Å². The predicted molar refractivity (Wildman–Crippen MR) is 131 cm³/mol. The van der Waals surface area contributed by atoms with E-state index in [0.29, 0.717) is 16.8 Å². The van der Waals surface area contributed by atoms with E-state index in [2.05, 4.69) is 20.8 Å². The molecule has 0 aliphatic carbocycles. The average molecular weight is 520 g/mol. The van der Waals surface area contributed by atoms with E-state index in [1.165, 1.54) is 6.07 Å². The van der Waals surface area contributed by atoms with Crippen molar-refractivity contribution in [1.29, 1.82) is 0 Å². The number of hydrogen-bond donors (Lipinski definition) is 3. The lowest BCUT2D eigenvalue weighted by molar-refractivity contribution is 0.103. The number of nitrogens with zero attached hydrogens (tertiary/aromatic N) is 2. The molecular weight excluding hydrogens is 507 g/mol. The first kappa shape index (κ1) is 23.0. The molecule has 166 valence electrons. The summed E-state index contributed by atoms with van der Waals surface area (Å²) in [7, 11) is 0. The summed E-state index contributed by atoms with van der Waals surface area (Å²) in [4.78, 5) is 24.8. The van der Waals surface area contributed by atoms with E-state index < -0.39 is 6.03 Å². The topological polar surface area (TPSA) is 104 Å². The summed E-state index contributed by atoms with van der Waals surface area (Å²) in [6, 6.07) is 16.1. The van der Waals surface area contributed by atoms with Gasteiger partial charge in [-0.1, -0.05) is 76.5 Å². The number of ketones is 1. The third-order valence-corrected chi connectivity index (χ3v) is 6.38. The van der Waals surface area contributed by atoms with Crippen LogP contribution < -0.4 is 10.6 Å². The molecule has 0 atom stereocenters. The highest BCUT2D eigenvalue weighted by Crippen LogP contribution is 2.45. The van der Waals surface area contributed by atoms with Crippen molar-refractivity contribution in [2.24, 2.45) is 0 Å². The van der Waals surface area contributed by atoms with Gasteiger partial charge in [0.2, 0.25) is 5.13 Å². The first-order chi connectivity index (χ1) is 15.8. The number of anilines is 2. The van der Waals surface area contributed by atoms with Gasteiger partial charge in [0.05, 0.1) is 20.6 Å². The Balaban J connectivity index is 1.43. The number of aromatic nitrogens is 2. The summed E-state index contributed by atoms with van der Waals surface area (Å²) in [6.07, 6.45) is 0. The van der Waals surface area contributed by atoms with Crippen molar-refractivity contribution in [3.05, 3.63) is 86.9 Å². The molecule has 0 aliphatic rings. The van der Waals surface area contributed by atoms with Crippen LogP contribution in [-0.4, -0.2) is 27.1 Å². The molecule has 11 heteroatoms. The number of carbonyl (C=O) groups excluding carboxylic acids is 2. The Hall–Kier alpha value is -3.17. The SMILES string of the molecule is O=C(Nc1ccc(C(=O)c2ccccc2)cc1)Nc1nnc(-c2c(O)c(Cl)cc(Cl)c2Cl)s1. The fourth-order valence-electron chi connectivity index (χ4n) is 2.88. The van der Waals surface area contributed by atoms with Gasteiger partial charge in [-0.05, 0) is 30.3 Å². The van der Waals surface area contributed by atoms with Crippen molar-refractivity contribution in [2.45, 2.75) is 0 Å². The van der Waals surface area contributed by atoms with Crippen molar-refractivity contribution in [3.8, 4) is 16.3 Å². The number of nitrogens with one attached hydrogen (secondary N) is 2. The van der Waals surface area contributed by atoms with Crippen LogP contribution in [0, 0.1) is 0 Å². The van der Waals surface area contributed by atoms with E-state index in [1.54, 1.807) is 48.5 Å². The molecule has 0 bridgehead atoms. The van der Waals surface area contributed by atoms with Gasteiger partial charge in [-0.15, -0.1) is 10.2 Å². The lowest BCUT2D eigenvalue weighted by atomic mass is 10.0. The van der Waals surface area contributed by atoms with Crippen LogP contribution in [-0.2, 0) is 0 Å². The molecule has 0 saturated carbocycles. The zero-order chi connectivity index (χ0) is 23.5. The van der Waals surface area contributed by atoms with Crippen molar-refractivity contribution in [3.63, 3.8) is 0 Å². The van der Waals surface area contributed by atoms with Crippen LogP contribution in [0.4, 0.5) is 15.6 Å². The first-order valence-corrected chi connectivity index (χ1v) is 11.3. The van der Waals surface area contributed by atoms with Crippen molar-refractivity contribution < 1.29 is 14.7 Å². The molecule has 0 saturated heterocycles. The van der Waals surface area contributed by atoms with Crippen LogP contribution >= 0.6 is 46.1 Å². The maximum atomic E-state index is 12.5. The van der Waals surface area contributed by atoms with E-state index in [9.17, 15) is 14.7 Å². The molecule has 1 heterocycles. The van der Waals surface area contributed by atoms with Crippen molar-refractivity contribution >= 4 is 68.8 Å². The van der Waals surface area contributed by atoms with Gasteiger partial charge in [0, 0.05) is 16.8 Å². The maximum absolute atomic E-state index is 12.5. The number of rotatable bonds is 5. The summed E-state index contributed by atoms with van der Waals surface area (Å²) in [5.74, 6) is -0.403. The third-order valence-electron chi connectivity index (χ3n) is 4.45. The van der Waals surface area contributed by atoms with Gasteiger partial charge >= 0.3 is 6.03 Å². The maximum Gasteiger partial charge on any atom is 0.325 e. The highest BCUT2D eigenvalue weighted by molar-refractivity contribution is 7.18. The molecule has 2 amide bonds. The minimum absolute atomic E-state index is 0.0102. The first-order valence-electron chi connectivity index (χ1n) is 9.31. The molecule has 0 spiro atoms. The molecular formula is C22H13Cl3N4O3S. The summed E-state index contributed by atoms with van der Waals surface area (Å²) < 4.78 is 0. The van der Waals surface area contributed by atoms with Gasteiger partial charge in [-0.25, -0.2) is 4.79 Å². The van der Waals surface area contributed by atoms with Crippen LogP contribution in [0.2, 0.25) is 15.1 Å². The summed E-state index contributed by atoms with van der Waals surface area (Å²) in [5.41, 5.74) is 1.68. The standard InChI is InChI=1S/C22H13Cl3N4O3S/c23-14-10-15(24)19(31)16(17(14)25)20-28-29-22(33-20)27-21(32)26-13-8-6-12(7-9-13)18(30)11-4-2-1-3-5-11/h1-10,31H,(H2,26,27,29,32). The number of amides is 2. The highest BCUT2D eigenvalue weighted by Gasteiger charge is 2.20. The lowest BCUT2D eigenvalue weighted by Crippen LogP contribution is -2.19. The Morgan fingerprint density at radius 2 is 1.52 bits per heavy atom. The van der Waals surface area contributed by atoms with Crippen LogP contribution in [0.5, 0.6) is 5.75 Å². The molecule has 0 fully saturated rings. The Labute approximate surface area is 207 Å². The van der Waals surface area contributed by atoms with E-state index in [0.717, 1.165) is 11.3 Å². The fraction of sp³-hybridized carbons (Fsp3) is 0. The van der Waals surface area contributed by atoms with Crippen molar-refractivity contribution in [2.75, 3.05) is 10.6 Å². The highest BCUT2D eigenvalue weighted by atomic mass is 35.5. The van der Waals surface area contributed by atoms with E-state index >= 15 is 0 Å². The molecule has 0 radical (unpaired) electrons. The van der Waals surface area contributed by atoms with Crippen LogP contribution in [0.25, 0.3) is 10.6 Å². The quantitative estimate of drug-likeness (QED) is 0.200. The second-order valence-corrected chi connectivity index (χ2v) is 8.81. The fourth-order valence-corrected chi connectivity index (χ4v) is 4.42. The number of benzene rings is 3. The van der Waals surface area contributed by atoms with Gasteiger partial charge in [0.1, 0.15) is 5.75 Å². The summed E-state index contributed by atoms with van der Waals surface area (Å²) in [5, 5.41) is 23.8. The Morgan fingerprint density at radius 3 is 2.21 bits per heavy atom. The van der Waals surface area contributed by atoms with Crippen LogP contribution in [0.3, 0.4) is 0 Å². The largest absolute Gasteiger partial charge is 0.506 e. The Bertz CT molecular complexity index is 1320. The number of phenolic OH excluding ortho intramolecular Hbond substituents is 1. The zero-order valence-electron chi connectivity index (χ0n) is 16.5. The predicted octanol–water partition coefficient (Wildman–Crippen LogP) is 6.75. The molecule has 1 aromatic heterocycles. The second-order valence-electron chi connectivity index (χ2n) is 6.64. The third kappa shape index (κ3) is 5.09. The van der Waals surface area contributed by atoms with E-state index in [4.69, 9.17) is 34.8 Å². The van der Waals surface area contributed by atoms with Crippen molar-refractivity contribution in [1.82, 2.24) is 10.2 Å². The normalized spacial score (nSPS) is 10.6. The summed E-state index contributed by atoms with van der Waals surface area (Å²) >= 11 is 19.1. The molecule has 3 N–H and O–H groups in total. The molecule has 7 nitrogen and oxygen atoms in total. The molecule has 0 aliphatic heterocycles. The number of urea groups is 1. The molecule has 3 aromatic carbocycles. The average Bonchev–Trinajstić information content (AvgIpc) is 3.26. The summed E-state index contributed by atoms with van der Waals surface area (Å²) in [6.45, 7) is 0. The lowest BCUT2D eigenvalue weighted by Gasteiger charge is -2.07. The Morgan fingerprint density at radius 1 is 0.848 bits per heavy atom. The monoisotopic (exact) mass is 518 g/mol. The van der Waals surface area contributed by atoms with Gasteiger partial charge in [-0.3, -0.25) is 10.1 Å². The molecule has 4 aromatic rings. The minimum atomic E-state index is -0.570.